The van der Waals surface area contributed by atoms with Crippen molar-refractivity contribution in [2.24, 2.45) is 0 Å². The molecule has 1 atom stereocenters. The van der Waals surface area contributed by atoms with Gasteiger partial charge in [-0.3, -0.25) is 0 Å². The van der Waals surface area contributed by atoms with Crippen molar-refractivity contribution in [1.29, 1.82) is 5.26 Å². The Kier molecular flexibility index (Phi) is 2.82. The predicted octanol–water partition coefficient (Wildman–Crippen LogP) is 2.35. The lowest BCUT2D eigenvalue weighted by atomic mass is 10.1. The molecule has 0 aromatic heterocycles. The lowest BCUT2D eigenvalue weighted by Crippen LogP contribution is -2.19. The van der Waals surface area contributed by atoms with Crippen LogP contribution in [0, 0.1) is 11.3 Å². The van der Waals surface area contributed by atoms with Crippen LogP contribution in [0.3, 0.4) is 0 Å². The van der Waals surface area contributed by atoms with E-state index in [0.29, 0.717) is 5.25 Å². The summed E-state index contributed by atoms with van der Waals surface area (Å²) in [7, 11) is 0. The Morgan fingerprint density at radius 3 is 3.10 bits per heavy atom. The van der Waals surface area contributed by atoms with Crippen molar-refractivity contribution in [2.45, 2.75) is 25.0 Å². The van der Waals surface area contributed by atoms with Crippen LogP contribution < -0.4 is 0 Å². The van der Waals surface area contributed by atoms with E-state index in [1.165, 1.54) is 18.4 Å². The molecule has 0 spiro atoms. The molecule has 10 heavy (non-hydrogen) atoms. The van der Waals surface area contributed by atoms with Gasteiger partial charge in [0.1, 0.15) is 0 Å². The largest absolute Gasteiger partial charge is 0.193 e. The molecule has 0 bridgehead atoms. The quantitative estimate of drug-likeness (QED) is 0.568. The van der Waals surface area contributed by atoms with Crippen LogP contribution in [-0.2, 0) is 0 Å². The summed E-state index contributed by atoms with van der Waals surface area (Å²) >= 11 is 1.96. The van der Waals surface area contributed by atoms with Gasteiger partial charge in [-0.05, 0) is 12.0 Å². The number of nitriles is 1. The molecule has 0 radical (unpaired) electrons. The van der Waals surface area contributed by atoms with E-state index in [2.05, 4.69) is 13.0 Å². The van der Waals surface area contributed by atoms with E-state index >= 15 is 0 Å². The molecule has 0 amide bonds. The summed E-state index contributed by atoms with van der Waals surface area (Å²) in [6, 6.07) is 2.08. The van der Waals surface area contributed by atoms with Gasteiger partial charge in [0, 0.05) is 17.1 Å². The molecule has 54 valence electrons. The third kappa shape index (κ3) is 1.54. The molecule has 0 aromatic rings. The summed E-state index contributed by atoms with van der Waals surface area (Å²) in [4.78, 5) is 0. The van der Waals surface area contributed by atoms with Crippen LogP contribution in [0.2, 0.25) is 0 Å². The molecule has 0 aliphatic carbocycles. The molecule has 1 heterocycles. The highest BCUT2D eigenvalue weighted by Crippen LogP contribution is 2.36. The summed E-state index contributed by atoms with van der Waals surface area (Å²) in [5, 5.41) is 9.02. The van der Waals surface area contributed by atoms with Gasteiger partial charge in [-0.15, -0.1) is 11.8 Å². The third-order valence-electron chi connectivity index (χ3n) is 1.67. The van der Waals surface area contributed by atoms with Crippen molar-refractivity contribution in [3.8, 4) is 6.07 Å². The van der Waals surface area contributed by atoms with E-state index in [1.807, 2.05) is 11.8 Å². The average Bonchev–Trinajstić information content (AvgIpc) is 1.93. The van der Waals surface area contributed by atoms with Gasteiger partial charge in [0.05, 0.1) is 6.07 Å². The molecule has 1 unspecified atom stereocenters. The fourth-order valence-corrected chi connectivity index (χ4v) is 2.19. The molecule has 1 saturated heterocycles. The minimum atomic E-state index is 0.671. The molecule has 1 fully saturated rings. The molecule has 1 aliphatic heterocycles. The fraction of sp³-hybridized carbons (Fsp3) is 0.625. The highest BCUT2D eigenvalue weighted by atomic mass is 32.2. The molecule has 1 aliphatic rings. The van der Waals surface area contributed by atoms with Crippen LogP contribution in [-0.4, -0.2) is 11.0 Å². The van der Waals surface area contributed by atoms with E-state index in [1.54, 1.807) is 6.08 Å². The minimum absolute atomic E-state index is 0.671. The van der Waals surface area contributed by atoms with Crippen LogP contribution in [0.25, 0.3) is 0 Å². The Morgan fingerprint density at radius 2 is 2.70 bits per heavy atom. The van der Waals surface area contributed by atoms with Crippen molar-refractivity contribution < 1.29 is 0 Å². The third-order valence-corrected chi connectivity index (χ3v) is 3.11. The predicted molar refractivity (Wildman–Crippen MR) is 44.9 cm³/mol. The maximum atomic E-state index is 8.35. The molecular weight excluding hydrogens is 142 g/mol. The van der Waals surface area contributed by atoms with Crippen molar-refractivity contribution >= 4 is 11.8 Å². The van der Waals surface area contributed by atoms with E-state index < -0.39 is 0 Å². The molecule has 0 aromatic carbocycles. The summed E-state index contributed by atoms with van der Waals surface area (Å²) in [5.74, 6) is 1.08. The normalized spacial score (nSPS) is 27.6. The van der Waals surface area contributed by atoms with Gasteiger partial charge in [-0.25, -0.2) is 0 Å². The number of thioether (sulfide) groups is 1. The molecular formula is C8H11NS. The highest BCUT2D eigenvalue weighted by Gasteiger charge is 2.23. The summed E-state index contributed by atoms with van der Waals surface area (Å²) < 4.78 is 0. The van der Waals surface area contributed by atoms with Crippen molar-refractivity contribution in [2.75, 3.05) is 5.75 Å². The number of allylic oxidation sites excluding steroid dienone is 1. The first-order valence-corrected chi connectivity index (χ1v) is 4.63. The van der Waals surface area contributed by atoms with Crippen LogP contribution >= 0.6 is 11.8 Å². The number of hydrogen-bond donors (Lipinski definition) is 0. The Balaban J connectivity index is 2.37. The molecule has 2 heteroatoms. The van der Waals surface area contributed by atoms with E-state index in [0.717, 1.165) is 5.75 Å². The topological polar surface area (TPSA) is 23.8 Å². The lowest BCUT2D eigenvalue weighted by molar-refractivity contribution is 0.786. The SMILES string of the molecule is CCCC1SCC1=CC#N. The van der Waals surface area contributed by atoms with Gasteiger partial charge in [0.2, 0.25) is 0 Å². The van der Waals surface area contributed by atoms with E-state index in [4.69, 9.17) is 5.26 Å². The zero-order valence-corrected chi connectivity index (χ0v) is 6.95. The smallest absolute Gasteiger partial charge is 0.0912 e. The number of nitrogens with zero attached hydrogens (tertiary/aromatic N) is 1. The van der Waals surface area contributed by atoms with Crippen molar-refractivity contribution in [1.82, 2.24) is 0 Å². The second kappa shape index (κ2) is 3.68. The Bertz CT molecular complexity index is 178. The fourth-order valence-electron chi connectivity index (χ4n) is 1.05. The number of hydrogen-bond acceptors (Lipinski definition) is 2. The van der Waals surface area contributed by atoms with E-state index in [9.17, 15) is 0 Å². The first-order valence-electron chi connectivity index (χ1n) is 3.58. The zero-order chi connectivity index (χ0) is 7.40. The van der Waals surface area contributed by atoms with Crippen LogP contribution in [0.5, 0.6) is 0 Å². The standard InChI is InChI=1S/C8H11NS/c1-2-3-8-7(4-5-9)6-10-8/h4,8H,2-3,6H2,1H3. The lowest BCUT2D eigenvalue weighted by Gasteiger charge is -2.27. The average molecular weight is 153 g/mol. The monoisotopic (exact) mass is 153 g/mol. The molecule has 0 saturated carbocycles. The Labute approximate surface area is 66.1 Å². The van der Waals surface area contributed by atoms with Crippen LogP contribution in [0.15, 0.2) is 11.6 Å². The van der Waals surface area contributed by atoms with Crippen molar-refractivity contribution in [3.05, 3.63) is 11.6 Å². The molecule has 1 nitrogen and oxygen atoms in total. The minimum Gasteiger partial charge on any atom is -0.193 e. The second-order valence-corrected chi connectivity index (χ2v) is 3.63. The van der Waals surface area contributed by atoms with Crippen LogP contribution in [0.4, 0.5) is 0 Å². The maximum absolute atomic E-state index is 8.35. The molecule has 0 N–H and O–H groups in total. The van der Waals surface area contributed by atoms with Gasteiger partial charge in [0.25, 0.3) is 0 Å². The highest BCUT2D eigenvalue weighted by molar-refractivity contribution is 8.02. The van der Waals surface area contributed by atoms with Gasteiger partial charge < -0.3 is 0 Å². The van der Waals surface area contributed by atoms with Gasteiger partial charge in [-0.2, -0.15) is 5.26 Å². The van der Waals surface area contributed by atoms with Gasteiger partial charge in [-0.1, -0.05) is 13.3 Å². The Morgan fingerprint density at radius 1 is 1.90 bits per heavy atom. The maximum Gasteiger partial charge on any atom is 0.0912 e. The first kappa shape index (κ1) is 7.68. The summed E-state index contributed by atoms with van der Waals surface area (Å²) in [6.45, 7) is 2.18. The number of rotatable bonds is 2. The van der Waals surface area contributed by atoms with Gasteiger partial charge >= 0.3 is 0 Å². The zero-order valence-electron chi connectivity index (χ0n) is 6.13. The summed E-state index contributed by atoms with van der Waals surface area (Å²) in [6.07, 6.45) is 4.16. The summed E-state index contributed by atoms with van der Waals surface area (Å²) in [5.41, 5.74) is 1.34. The van der Waals surface area contributed by atoms with Crippen LogP contribution in [0.1, 0.15) is 19.8 Å². The van der Waals surface area contributed by atoms with Crippen molar-refractivity contribution in [3.63, 3.8) is 0 Å². The van der Waals surface area contributed by atoms with Gasteiger partial charge in [0.15, 0.2) is 0 Å². The van der Waals surface area contributed by atoms with E-state index in [-0.39, 0.29) is 0 Å². The first-order chi connectivity index (χ1) is 4.88. The molecule has 1 rings (SSSR count). The Hall–Kier alpha value is -0.420. The second-order valence-electron chi connectivity index (χ2n) is 2.44.